The van der Waals surface area contributed by atoms with E-state index in [1.54, 1.807) is 0 Å². The predicted octanol–water partition coefficient (Wildman–Crippen LogP) is 3.93. The van der Waals surface area contributed by atoms with Crippen molar-refractivity contribution in [2.24, 2.45) is 11.8 Å². The van der Waals surface area contributed by atoms with Gasteiger partial charge < -0.3 is 9.72 Å². The lowest BCUT2D eigenvalue weighted by Gasteiger charge is -2.35. The molecule has 4 rings (SSSR count). The van der Waals surface area contributed by atoms with E-state index in [1.807, 2.05) is 12.3 Å². The van der Waals surface area contributed by atoms with E-state index in [4.69, 9.17) is 9.72 Å². The van der Waals surface area contributed by atoms with E-state index in [9.17, 15) is 0 Å². The molecule has 4 heterocycles. The molecule has 2 aromatic rings. The molecule has 0 amide bonds. The molecule has 0 spiro atoms. The Labute approximate surface area is 144 Å². The number of aromatic nitrogens is 2. The standard InChI is InChI=1S/C20H29N3O/c1-14-10-15(2)12-23(11-14)13-17-19(16-5-8-24-9-6-16)22-18-4-3-7-21-20(17)18/h3-4,7,14-16,22H,5-6,8-13H2,1-2H3/t14-,15+. The molecule has 0 bridgehead atoms. The fourth-order valence-corrected chi connectivity index (χ4v) is 4.73. The number of fused-ring (bicyclic) bond motifs is 1. The largest absolute Gasteiger partial charge is 0.381 e. The molecule has 0 radical (unpaired) electrons. The predicted molar refractivity (Wildman–Crippen MR) is 97.1 cm³/mol. The fraction of sp³-hybridized carbons (Fsp3) is 0.650. The molecule has 0 aromatic carbocycles. The molecular weight excluding hydrogens is 298 g/mol. The number of ether oxygens (including phenoxy) is 1. The van der Waals surface area contributed by atoms with E-state index >= 15 is 0 Å². The van der Waals surface area contributed by atoms with Crippen molar-refractivity contribution < 1.29 is 4.74 Å². The van der Waals surface area contributed by atoms with Crippen molar-refractivity contribution in [3.8, 4) is 0 Å². The van der Waals surface area contributed by atoms with Crippen LogP contribution >= 0.6 is 0 Å². The minimum absolute atomic E-state index is 0.586. The molecule has 1 N–H and O–H groups in total. The molecule has 2 aliphatic heterocycles. The van der Waals surface area contributed by atoms with E-state index in [1.165, 1.54) is 41.8 Å². The molecule has 24 heavy (non-hydrogen) atoms. The van der Waals surface area contributed by atoms with Gasteiger partial charge >= 0.3 is 0 Å². The first kappa shape index (κ1) is 16.1. The van der Waals surface area contributed by atoms with Gasteiger partial charge in [0.1, 0.15) is 0 Å². The molecule has 0 aliphatic carbocycles. The minimum Gasteiger partial charge on any atom is -0.381 e. The third kappa shape index (κ3) is 3.22. The Morgan fingerprint density at radius 1 is 1.21 bits per heavy atom. The third-order valence-corrected chi connectivity index (χ3v) is 5.64. The van der Waals surface area contributed by atoms with Crippen LogP contribution in [0.2, 0.25) is 0 Å². The summed E-state index contributed by atoms with van der Waals surface area (Å²) < 4.78 is 5.57. The van der Waals surface area contributed by atoms with Crippen LogP contribution in [0.4, 0.5) is 0 Å². The molecular formula is C20H29N3O. The zero-order valence-corrected chi connectivity index (χ0v) is 14.9. The van der Waals surface area contributed by atoms with Crippen LogP contribution in [0.15, 0.2) is 18.3 Å². The second kappa shape index (κ2) is 6.85. The smallest absolute Gasteiger partial charge is 0.0926 e. The van der Waals surface area contributed by atoms with E-state index in [0.29, 0.717) is 5.92 Å². The Bertz CT molecular complexity index is 679. The van der Waals surface area contributed by atoms with Crippen LogP contribution < -0.4 is 0 Å². The van der Waals surface area contributed by atoms with Crippen LogP contribution in [0.3, 0.4) is 0 Å². The number of piperidine rings is 1. The molecule has 2 fully saturated rings. The van der Waals surface area contributed by atoms with Gasteiger partial charge in [0.05, 0.1) is 11.0 Å². The average Bonchev–Trinajstić information content (AvgIpc) is 2.94. The van der Waals surface area contributed by atoms with Crippen LogP contribution in [0.5, 0.6) is 0 Å². The first-order chi connectivity index (χ1) is 11.7. The number of H-pyrrole nitrogens is 1. The topological polar surface area (TPSA) is 41.1 Å². The summed E-state index contributed by atoms with van der Waals surface area (Å²) in [6, 6.07) is 4.19. The van der Waals surface area contributed by atoms with E-state index in [0.717, 1.165) is 44.4 Å². The summed E-state index contributed by atoms with van der Waals surface area (Å²) in [5.74, 6) is 2.17. The maximum absolute atomic E-state index is 5.57. The van der Waals surface area contributed by atoms with Crippen molar-refractivity contribution in [2.45, 2.75) is 45.6 Å². The number of nitrogens with zero attached hydrogens (tertiary/aromatic N) is 2. The Balaban J connectivity index is 1.67. The highest BCUT2D eigenvalue weighted by Crippen LogP contribution is 2.34. The van der Waals surface area contributed by atoms with Gasteiger partial charge in [0.25, 0.3) is 0 Å². The van der Waals surface area contributed by atoms with Crippen LogP contribution in [-0.4, -0.2) is 41.2 Å². The summed E-state index contributed by atoms with van der Waals surface area (Å²) in [4.78, 5) is 11.1. The van der Waals surface area contributed by atoms with Gasteiger partial charge in [0, 0.05) is 56.2 Å². The fourth-order valence-electron chi connectivity index (χ4n) is 4.73. The maximum Gasteiger partial charge on any atom is 0.0926 e. The van der Waals surface area contributed by atoms with Gasteiger partial charge in [-0.25, -0.2) is 0 Å². The molecule has 2 aliphatic rings. The van der Waals surface area contributed by atoms with Gasteiger partial charge in [-0.3, -0.25) is 9.88 Å². The molecule has 0 saturated carbocycles. The van der Waals surface area contributed by atoms with Crippen LogP contribution in [0.1, 0.15) is 50.3 Å². The van der Waals surface area contributed by atoms with E-state index < -0.39 is 0 Å². The minimum atomic E-state index is 0.586. The lowest BCUT2D eigenvalue weighted by atomic mass is 9.90. The summed E-state index contributed by atoms with van der Waals surface area (Å²) in [6.07, 6.45) is 5.52. The maximum atomic E-state index is 5.57. The van der Waals surface area contributed by atoms with Gasteiger partial charge in [-0.05, 0) is 43.2 Å². The highest BCUT2D eigenvalue weighted by Gasteiger charge is 2.27. The van der Waals surface area contributed by atoms with Crippen LogP contribution in [-0.2, 0) is 11.3 Å². The number of hydrogen-bond donors (Lipinski definition) is 1. The van der Waals surface area contributed by atoms with E-state index in [-0.39, 0.29) is 0 Å². The average molecular weight is 327 g/mol. The van der Waals surface area contributed by atoms with Crippen LogP contribution in [0, 0.1) is 11.8 Å². The SMILES string of the molecule is C[C@@H]1C[C@H](C)CN(Cc2c(C3CCOCC3)[nH]c3cccnc23)C1. The Kier molecular flexibility index (Phi) is 4.59. The van der Waals surface area contributed by atoms with Crippen molar-refractivity contribution in [2.75, 3.05) is 26.3 Å². The molecule has 4 heteroatoms. The second-order valence-electron chi connectivity index (χ2n) is 7.94. The molecule has 130 valence electrons. The van der Waals surface area contributed by atoms with Gasteiger partial charge in [0.15, 0.2) is 0 Å². The number of aromatic amines is 1. The zero-order chi connectivity index (χ0) is 16.5. The van der Waals surface area contributed by atoms with Gasteiger partial charge in [-0.1, -0.05) is 13.8 Å². The second-order valence-corrected chi connectivity index (χ2v) is 7.94. The molecule has 4 nitrogen and oxygen atoms in total. The summed E-state index contributed by atoms with van der Waals surface area (Å²) in [6.45, 7) is 9.97. The normalized spacial score (nSPS) is 26.9. The number of rotatable bonds is 3. The first-order valence-corrected chi connectivity index (χ1v) is 9.46. The number of likely N-dealkylation sites (tertiary alicyclic amines) is 1. The van der Waals surface area contributed by atoms with E-state index in [2.05, 4.69) is 29.8 Å². The van der Waals surface area contributed by atoms with Crippen LogP contribution in [0.25, 0.3) is 11.0 Å². The van der Waals surface area contributed by atoms with Crippen molar-refractivity contribution in [3.63, 3.8) is 0 Å². The molecule has 2 aromatic heterocycles. The van der Waals surface area contributed by atoms with Gasteiger partial charge in [-0.15, -0.1) is 0 Å². The van der Waals surface area contributed by atoms with Crippen molar-refractivity contribution in [1.82, 2.24) is 14.9 Å². The molecule has 0 unspecified atom stereocenters. The number of pyridine rings is 1. The number of nitrogens with one attached hydrogen (secondary N) is 1. The molecule has 2 saturated heterocycles. The van der Waals surface area contributed by atoms with Gasteiger partial charge in [0.2, 0.25) is 0 Å². The molecule has 2 atom stereocenters. The Morgan fingerprint density at radius 2 is 1.96 bits per heavy atom. The monoisotopic (exact) mass is 327 g/mol. The quantitative estimate of drug-likeness (QED) is 0.928. The lowest BCUT2D eigenvalue weighted by Crippen LogP contribution is -2.38. The summed E-state index contributed by atoms with van der Waals surface area (Å²) in [5, 5.41) is 0. The Hall–Kier alpha value is -1.39. The summed E-state index contributed by atoms with van der Waals surface area (Å²) >= 11 is 0. The Morgan fingerprint density at radius 3 is 2.71 bits per heavy atom. The summed E-state index contributed by atoms with van der Waals surface area (Å²) in [5.41, 5.74) is 5.20. The lowest BCUT2D eigenvalue weighted by molar-refractivity contribution is 0.0839. The number of hydrogen-bond acceptors (Lipinski definition) is 3. The van der Waals surface area contributed by atoms with Gasteiger partial charge in [-0.2, -0.15) is 0 Å². The van der Waals surface area contributed by atoms with Crippen molar-refractivity contribution >= 4 is 11.0 Å². The highest BCUT2D eigenvalue weighted by molar-refractivity contribution is 5.80. The third-order valence-electron chi connectivity index (χ3n) is 5.64. The van der Waals surface area contributed by atoms with Crippen molar-refractivity contribution in [1.29, 1.82) is 0 Å². The zero-order valence-electron chi connectivity index (χ0n) is 14.9. The highest BCUT2D eigenvalue weighted by atomic mass is 16.5. The summed E-state index contributed by atoms with van der Waals surface area (Å²) in [7, 11) is 0. The first-order valence-electron chi connectivity index (χ1n) is 9.46. The van der Waals surface area contributed by atoms with Crippen molar-refractivity contribution in [3.05, 3.63) is 29.6 Å².